The molecule has 2 aromatic carbocycles. The van der Waals surface area contributed by atoms with Crippen molar-refractivity contribution in [3.05, 3.63) is 65.7 Å². The lowest BCUT2D eigenvalue weighted by molar-refractivity contribution is 0.103. The highest BCUT2D eigenvalue weighted by atomic mass is 16.3. The van der Waals surface area contributed by atoms with Crippen LogP contribution >= 0.6 is 0 Å². The van der Waals surface area contributed by atoms with Crippen LogP contribution in [0, 0.1) is 0 Å². The van der Waals surface area contributed by atoms with Gasteiger partial charge in [-0.3, -0.25) is 10.3 Å². The zero-order valence-electron chi connectivity index (χ0n) is 16.2. The summed E-state index contributed by atoms with van der Waals surface area (Å²) in [4.78, 5) is 7.71. The average Bonchev–Trinajstić information content (AvgIpc) is 2.69. The maximum atomic E-state index is 10.4. The molecule has 27 heavy (non-hydrogen) atoms. The Labute approximate surface area is 161 Å². The molecule has 4 rings (SSSR count). The Balaban J connectivity index is 1.69. The molecule has 2 N–H and O–H groups in total. The van der Waals surface area contributed by atoms with Gasteiger partial charge >= 0.3 is 0 Å². The fourth-order valence-corrected chi connectivity index (χ4v) is 4.35. The van der Waals surface area contributed by atoms with Gasteiger partial charge in [0.2, 0.25) is 0 Å². The first-order chi connectivity index (χ1) is 13.1. The topological polar surface area (TPSA) is 47.9 Å². The highest BCUT2D eigenvalue weighted by Gasteiger charge is 2.40. The number of nitrogens with one attached hydrogen (secondary N) is 1. The average molecular weight is 364 g/mol. The van der Waals surface area contributed by atoms with Crippen LogP contribution in [-0.2, 0) is 0 Å². The fourth-order valence-electron chi connectivity index (χ4n) is 4.35. The third-order valence-corrected chi connectivity index (χ3v) is 5.96. The van der Waals surface area contributed by atoms with Gasteiger partial charge in [0.05, 0.1) is 0 Å². The number of rotatable bonds is 3. The molecule has 0 unspecified atom stereocenters. The molecule has 142 valence electrons. The predicted octanol–water partition coefficient (Wildman–Crippen LogP) is 4.12. The van der Waals surface area contributed by atoms with E-state index in [4.69, 9.17) is 4.99 Å². The van der Waals surface area contributed by atoms with Crippen LogP contribution in [0.25, 0.3) is 0 Å². The second-order valence-corrected chi connectivity index (χ2v) is 8.05. The molecule has 1 fully saturated rings. The van der Waals surface area contributed by atoms with Crippen molar-refractivity contribution in [3.63, 3.8) is 0 Å². The lowest BCUT2D eigenvalue weighted by Gasteiger charge is -2.46. The predicted molar refractivity (Wildman–Crippen MR) is 110 cm³/mol. The van der Waals surface area contributed by atoms with Crippen molar-refractivity contribution in [2.75, 3.05) is 13.1 Å². The molecule has 1 atom stereocenters. The molecule has 4 heteroatoms. The Hall–Kier alpha value is -2.17. The summed E-state index contributed by atoms with van der Waals surface area (Å²) in [6.45, 7) is 6.61. The Bertz CT molecular complexity index is 807. The van der Waals surface area contributed by atoms with Crippen molar-refractivity contribution < 1.29 is 5.11 Å². The summed E-state index contributed by atoms with van der Waals surface area (Å²) in [7, 11) is 0. The highest BCUT2D eigenvalue weighted by Crippen LogP contribution is 2.36. The third-order valence-electron chi connectivity index (χ3n) is 5.96. The number of para-hydroxylation sites is 1. The third kappa shape index (κ3) is 3.78. The normalized spacial score (nSPS) is 22.8. The van der Waals surface area contributed by atoms with Crippen LogP contribution in [0.15, 0.2) is 59.6 Å². The minimum absolute atomic E-state index is 0.212. The van der Waals surface area contributed by atoms with Crippen molar-refractivity contribution in [2.45, 2.75) is 50.9 Å². The number of aromatic hydroxyl groups is 1. The molecule has 2 aliphatic rings. The van der Waals surface area contributed by atoms with E-state index in [1.54, 1.807) is 6.07 Å². The van der Waals surface area contributed by atoms with Crippen LogP contribution in [0.4, 0.5) is 0 Å². The molecule has 0 aliphatic carbocycles. The van der Waals surface area contributed by atoms with E-state index in [9.17, 15) is 5.11 Å². The molecular formula is C23H29N3O. The smallest absolute Gasteiger partial charge is 0.124 e. The zero-order chi connectivity index (χ0) is 18.9. The van der Waals surface area contributed by atoms with Crippen molar-refractivity contribution >= 4 is 5.71 Å². The Morgan fingerprint density at radius 1 is 1.04 bits per heavy atom. The molecule has 2 aliphatic heterocycles. The van der Waals surface area contributed by atoms with Gasteiger partial charge in [-0.2, -0.15) is 0 Å². The summed E-state index contributed by atoms with van der Waals surface area (Å²) in [6.07, 6.45) is 2.77. The van der Waals surface area contributed by atoms with Gasteiger partial charge in [-0.1, -0.05) is 42.5 Å². The fraction of sp³-hybridized carbons (Fsp3) is 0.435. The first-order valence-electron chi connectivity index (χ1n) is 10.0. The number of nitrogens with zero attached hydrogens (tertiary/aromatic N) is 2. The Morgan fingerprint density at radius 2 is 1.70 bits per heavy atom. The molecule has 2 aromatic rings. The molecule has 1 saturated heterocycles. The number of phenols is 1. The minimum atomic E-state index is -0.248. The first kappa shape index (κ1) is 18.2. The van der Waals surface area contributed by atoms with Gasteiger partial charge < -0.3 is 10.0 Å². The number of phenolic OH excluding ortho intramolecular Hbond substituents is 1. The van der Waals surface area contributed by atoms with Gasteiger partial charge in [0.15, 0.2) is 0 Å². The quantitative estimate of drug-likeness (QED) is 0.862. The van der Waals surface area contributed by atoms with Crippen molar-refractivity contribution in [1.82, 2.24) is 10.2 Å². The summed E-state index contributed by atoms with van der Waals surface area (Å²) in [6, 6.07) is 19.0. The summed E-state index contributed by atoms with van der Waals surface area (Å²) in [5.41, 5.74) is 2.91. The van der Waals surface area contributed by atoms with E-state index in [0.29, 0.717) is 11.8 Å². The lowest BCUT2D eigenvalue weighted by atomic mass is 9.87. The molecular weight excluding hydrogens is 334 g/mol. The zero-order valence-corrected chi connectivity index (χ0v) is 16.2. The first-order valence-corrected chi connectivity index (χ1v) is 10.0. The van der Waals surface area contributed by atoms with Crippen molar-refractivity contribution in [3.8, 4) is 5.75 Å². The van der Waals surface area contributed by atoms with Gasteiger partial charge in [-0.05, 0) is 44.4 Å². The van der Waals surface area contributed by atoms with E-state index in [2.05, 4.69) is 54.4 Å². The summed E-state index contributed by atoms with van der Waals surface area (Å²) in [5.74, 6) is 0.319. The van der Waals surface area contributed by atoms with E-state index in [1.807, 2.05) is 18.2 Å². The van der Waals surface area contributed by atoms with Crippen molar-refractivity contribution in [1.29, 1.82) is 0 Å². The summed E-state index contributed by atoms with van der Waals surface area (Å²) < 4.78 is 0. The minimum Gasteiger partial charge on any atom is -0.507 e. The van der Waals surface area contributed by atoms with Crippen LogP contribution in [-0.4, -0.2) is 40.5 Å². The van der Waals surface area contributed by atoms with Gasteiger partial charge in [0.25, 0.3) is 0 Å². The largest absolute Gasteiger partial charge is 0.507 e. The van der Waals surface area contributed by atoms with E-state index in [-0.39, 0.29) is 11.7 Å². The number of likely N-dealkylation sites (tertiary alicyclic amines) is 1. The Morgan fingerprint density at radius 3 is 2.37 bits per heavy atom. The monoisotopic (exact) mass is 363 g/mol. The Kier molecular flexibility index (Phi) is 5.02. The molecule has 0 radical (unpaired) electrons. The maximum Gasteiger partial charge on any atom is 0.124 e. The number of piperidine rings is 1. The molecule has 0 aromatic heterocycles. The number of hydrogen-bond acceptors (Lipinski definition) is 4. The molecule has 2 heterocycles. The molecule has 0 bridgehead atoms. The number of benzene rings is 2. The van der Waals surface area contributed by atoms with Gasteiger partial charge in [-0.15, -0.1) is 0 Å². The molecule has 0 saturated carbocycles. The molecule has 1 spiro atoms. The van der Waals surface area contributed by atoms with Crippen LogP contribution < -0.4 is 5.32 Å². The van der Waals surface area contributed by atoms with Crippen LogP contribution in [0.2, 0.25) is 0 Å². The van der Waals surface area contributed by atoms with Crippen LogP contribution in [0.5, 0.6) is 5.75 Å². The van der Waals surface area contributed by atoms with Gasteiger partial charge in [0.1, 0.15) is 11.4 Å². The molecule has 0 amide bonds. The van der Waals surface area contributed by atoms with E-state index < -0.39 is 0 Å². The van der Waals surface area contributed by atoms with E-state index in [0.717, 1.165) is 43.6 Å². The van der Waals surface area contributed by atoms with E-state index >= 15 is 0 Å². The lowest BCUT2D eigenvalue weighted by Crippen LogP contribution is -2.56. The number of hydrogen-bond donors (Lipinski definition) is 2. The number of aliphatic imine (C=N–C) groups is 1. The maximum absolute atomic E-state index is 10.4. The standard InChI is InChI=1S/C23H29N3O/c1-17(2)26-14-12-23(13-15-26)24-20(18-8-4-3-5-9-18)16-21(25-23)19-10-6-7-11-22(19)27/h3-11,17,20,24,27H,12-16H2,1-2H3/t20-/m1/s1. The summed E-state index contributed by atoms with van der Waals surface area (Å²) in [5, 5.41) is 14.3. The van der Waals surface area contributed by atoms with Gasteiger partial charge in [0, 0.05) is 42.9 Å². The molecule has 4 nitrogen and oxygen atoms in total. The highest BCUT2D eigenvalue weighted by molar-refractivity contribution is 6.03. The second-order valence-electron chi connectivity index (χ2n) is 8.05. The van der Waals surface area contributed by atoms with Crippen LogP contribution in [0.3, 0.4) is 0 Å². The van der Waals surface area contributed by atoms with Crippen LogP contribution in [0.1, 0.15) is 50.3 Å². The van der Waals surface area contributed by atoms with Gasteiger partial charge in [-0.25, -0.2) is 0 Å². The second kappa shape index (κ2) is 7.45. The summed E-state index contributed by atoms with van der Waals surface area (Å²) >= 11 is 0. The van der Waals surface area contributed by atoms with Crippen molar-refractivity contribution in [2.24, 2.45) is 4.99 Å². The SMILES string of the molecule is CC(C)N1CCC2(CC1)N=C(c1ccccc1O)C[C@H](c1ccccc1)N2. The van der Waals surface area contributed by atoms with E-state index in [1.165, 1.54) is 5.56 Å².